The minimum atomic E-state index is -3.64. The largest absolute Gasteiger partial charge is 0.351 e. The van der Waals surface area contributed by atoms with Crippen LogP contribution in [0.25, 0.3) is 0 Å². The van der Waals surface area contributed by atoms with Crippen LogP contribution in [0.3, 0.4) is 0 Å². The van der Waals surface area contributed by atoms with Gasteiger partial charge in [0.05, 0.1) is 4.90 Å². The second-order valence-electron chi connectivity index (χ2n) is 7.65. The first-order chi connectivity index (χ1) is 14.2. The van der Waals surface area contributed by atoms with Gasteiger partial charge in [-0.05, 0) is 49.1 Å². The SMILES string of the molecule is CC[C@H](C)[C@H](N=C1NS(=O)(=O)c2ccccc21)C(=O)NC(C)Cc1ccc(Br)cc1. The highest BCUT2D eigenvalue weighted by Gasteiger charge is 2.33. The number of hydrogen-bond acceptors (Lipinski definition) is 4. The average molecular weight is 492 g/mol. The van der Waals surface area contributed by atoms with Crippen molar-refractivity contribution in [3.8, 4) is 0 Å². The molecule has 8 heteroatoms. The molecule has 2 aromatic rings. The van der Waals surface area contributed by atoms with Gasteiger partial charge in [0.1, 0.15) is 11.9 Å². The van der Waals surface area contributed by atoms with E-state index < -0.39 is 16.1 Å². The molecule has 0 fully saturated rings. The number of benzene rings is 2. The highest BCUT2D eigenvalue weighted by molar-refractivity contribution is 9.10. The first kappa shape index (κ1) is 22.5. The van der Waals surface area contributed by atoms with Crippen LogP contribution in [-0.4, -0.2) is 32.2 Å². The summed E-state index contributed by atoms with van der Waals surface area (Å²) in [6, 6.07) is 13.9. The molecule has 3 rings (SSSR count). The Balaban J connectivity index is 1.80. The van der Waals surface area contributed by atoms with Crippen LogP contribution in [0.4, 0.5) is 0 Å². The van der Waals surface area contributed by atoms with Gasteiger partial charge in [0.25, 0.3) is 10.0 Å². The molecule has 6 nitrogen and oxygen atoms in total. The van der Waals surface area contributed by atoms with Crippen LogP contribution in [0, 0.1) is 5.92 Å². The van der Waals surface area contributed by atoms with E-state index in [1.807, 2.05) is 45.0 Å². The molecule has 0 aromatic heterocycles. The van der Waals surface area contributed by atoms with E-state index in [0.717, 1.165) is 16.5 Å². The third-order valence-corrected chi connectivity index (χ3v) is 7.15. The maximum absolute atomic E-state index is 13.1. The Morgan fingerprint density at radius 2 is 1.80 bits per heavy atom. The number of amides is 1. The van der Waals surface area contributed by atoms with Gasteiger partial charge < -0.3 is 5.32 Å². The Bertz CT molecular complexity index is 1050. The summed E-state index contributed by atoms with van der Waals surface area (Å²) in [7, 11) is -3.64. The third-order valence-electron chi connectivity index (χ3n) is 5.23. The van der Waals surface area contributed by atoms with Crippen molar-refractivity contribution in [2.24, 2.45) is 10.9 Å². The highest BCUT2D eigenvalue weighted by atomic mass is 79.9. The number of amidine groups is 1. The summed E-state index contributed by atoms with van der Waals surface area (Å²) in [5.74, 6) is -0.0219. The van der Waals surface area contributed by atoms with Gasteiger partial charge in [0.2, 0.25) is 5.91 Å². The van der Waals surface area contributed by atoms with Crippen LogP contribution in [0.15, 0.2) is 62.9 Å². The number of fused-ring (bicyclic) bond motifs is 1. The molecule has 3 atom stereocenters. The molecule has 1 aliphatic rings. The highest BCUT2D eigenvalue weighted by Crippen LogP contribution is 2.24. The molecular formula is C22H26BrN3O3S. The Kier molecular flexibility index (Phi) is 6.98. The lowest BCUT2D eigenvalue weighted by Crippen LogP contribution is -2.43. The van der Waals surface area contributed by atoms with Crippen molar-refractivity contribution in [2.75, 3.05) is 0 Å². The fourth-order valence-corrected chi connectivity index (χ4v) is 4.89. The molecule has 1 amide bonds. The van der Waals surface area contributed by atoms with Crippen LogP contribution < -0.4 is 10.0 Å². The smallest absolute Gasteiger partial charge is 0.263 e. The van der Waals surface area contributed by atoms with E-state index >= 15 is 0 Å². The first-order valence-corrected chi connectivity index (χ1v) is 12.2. The van der Waals surface area contributed by atoms with Gasteiger partial charge in [0.15, 0.2) is 0 Å². The molecule has 0 aliphatic carbocycles. The monoisotopic (exact) mass is 491 g/mol. The Morgan fingerprint density at radius 1 is 1.13 bits per heavy atom. The molecule has 1 heterocycles. The topological polar surface area (TPSA) is 87.6 Å². The van der Waals surface area contributed by atoms with Crippen LogP contribution >= 0.6 is 15.9 Å². The fraction of sp³-hybridized carbons (Fsp3) is 0.364. The van der Waals surface area contributed by atoms with Crippen molar-refractivity contribution in [1.82, 2.24) is 10.0 Å². The van der Waals surface area contributed by atoms with Crippen molar-refractivity contribution in [3.05, 3.63) is 64.1 Å². The summed E-state index contributed by atoms with van der Waals surface area (Å²) in [6.07, 6.45) is 1.43. The lowest BCUT2D eigenvalue weighted by atomic mass is 9.98. The molecule has 1 aliphatic heterocycles. The van der Waals surface area contributed by atoms with E-state index in [-0.39, 0.29) is 28.6 Å². The molecule has 0 spiro atoms. The number of halogens is 1. The maximum Gasteiger partial charge on any atom is 0.263 e. The van der Waals surface area contributed by atoms with Crippen molar-refractivity contribution >= 4 is 37.7 Å². The van der Waals surface area contributed by atoms with E-state index in [1.54, 1.807) is 24.3 Å². The third kappa shape index (κ3) is 5.10. The molecule has 0 saturated heterocycles. The van der Waals surface area contributed by atoms with Crippen LogP contribution in [-0.2, 0) is 21.2 Å². The molecule has 0 radical (unpaired) electrons. The molecule has 1 unspecified atom stereocenters. The van der Waals surface area contributed by atoms with E-state index in [2.05, 4.69) is 31.0 Å². The molecule has 0 saturated carbocycles. The van der Waals surface area contributed by atoms with E-state index in [4.69, 9.17) is 0 Å². The first-order valence-electron chi connectivity index (χ1n) is 9.96. The number of nitrogens with zero attached hydrogens (tertiary/aromatic N) is 1. The van der Waals surface area contributed by atoms with Gasteiger partial charge >= 0.3 is 0 Å². The maximum atomic E-state index is 13.1. The molecule has 0 bridgehead atoms. The summed E-state index contributed by atoms with van der Waals surface area (Å²) in [4.78, 5) is 17.8. The van der Waals surface area contributed by atoms with Gasteiger partial charge in [-0.25, -0.2) is 8.42 Å². The lowest BCUT2D eigenvalue weighted by Gasteiger charge is -2.22. The Morgan fingerprint density at radius 3 is 2.47 bits per heavy atom. The number of hydrogen-bond donors (Lipinski definition) is 2. The summed E-state index contributed by atoms with van der Waals surface area (Å²) < 4.78 is 28.2. The number of carbonyl (C=O) groups excluding carboxylic acids is 1. The van der Waals surface area contributed by atoms with Gasteiger partial charge in [-0.2, -0.15) is 0 Å². The number of carbonyl (C=O) groups is 1. The Labute approximate surface area is 186 Å². The van der Waals surface area contributed by atoms with Gasteiger partial charge in [-0.15, -0.1) is 0 Å². The Hall–Kier alpha value is -2.19. The number of sulfonamides is 1. The number of aliphatic imine (C=N–C) groups is 1. The van der Waals surface area contributed by atoms with Gasteiger partial charge in [0, 0.05) is 16.1 Å². The van der Waals surface area contributed by atoms with Crippen LogP contribution in [0.2, 0.25) is 0 Å². The van der Waals surface area contributed by atoms with Crippen molar-refractivity contribution in [2.45, 2.75) is 50.6 Å². The normalized spacial score (nSPS) is 18.9. The zero-order chi connectivity index (χ0) is 21.9. The van der Waals surface area contributed by atoms with Crippen LogP contribution in [0.1, 0.15) is 38.3 Å². The van der Waals surface area contributed by atoms with E-state index in [0.29, 0.717) is 12.0 Å². The summed E-state index contributed by atoms with van der Waals surface area (Å²) in [5.41, 5.74) is 1.62. The van der Waals surface area contributed by atoms with E-state index in [1.165, 1.54) is 0 Å². The van der Waals surface area contributed by atoms with Crippen LogP contribution in [0.5, 0.6) is 0 Å². The molecular weight excluding hydrogens is 466 g/mol. The number of rotatable bonds is 7. The fourth-order valence-electron chi connectivity index (χ4n) is 3.39. The van der Waals surface area contributed by atoms with Crippen molar-refractivity contribution in [3.63, 3.8) is 0 Å². The van der Waals surface area contributed by atoms with Crippen molar-refractivity contribution < 1.29 is 13.2 Å². The predicted molar refractivity (Wildman–Crippen MR) is 122 cm³/mol. The predicted octanol–water partition coefficient (Wildman–Crippen LogP) is 3.65. The van der Waals surface area contributed by atoms with Crippen molar-refractivity contribution in [1.29, 1.82) is 0 Å². The molecule has 30 heavy (non-hydrogen) atoms. The van der Waals surface area contributed by atoms with Gasteiger partial charge in [-0.1, -0.05) is 60.5 Å². The molecule has 2 aromatic carbocycles. The zero-order valence-electron chi connectivity index (χ0n) is 17.2. The molecule has 160 valence electrons. The average Bonchev–Trinajstić information content (AvgIpc) is 2.97. The minimum Gasteiger partial charge on any atom is -0.351 e. The summed E-state index contributed by atoms with van der Waals surface area (Å²) >= 11 is 3.42. The zero-order valence-corrected chi connectivity index (χ0v) is 19.6. The summed E-state index contributed by atoms with van der Waals surface area (Å²) in [5, 5.41) is 3.04. The molecule has 2 N–H and O–H groups in total. The second kappa shape index (κ2) is 9.31. The lowest BCUT2D eigenvalue weighted by molar-refractivity contribution is -0.123. The van der Waals surface area contributed by atoms with E-state index in [9.17, 15) is 13.2 Å². The van der Waals surface area contributed by atoms with Gasteiger partial charge in [-0.3, -0.25) is 14.5 Å². The standard InChI is InChI=1S/C22H26BrN3O3S/c1-4-14(2)20(22(27)24-15(3)13-16-9-11-17(23)12-10-16)25-21-18-7-5-6-8-19(18)30(28,29)26-21/h5-12,14-15,20H,4,13H2,1-3H3,(H,24,27)(H,25,26)/t14-,15?,20-/m0/s1. The summed E-state index contributed by atoms with van der Waals surface area (Å²) in [6.45, 7) is 5.89. The second-order valence-corrected chi connectivity index (χ2v) is 10.2. The number of nitrogens with one attached hydrogen (secondary N) is 2. The minimum absolute atomic E-state index is 0.0466. The quantitative estimate of drug-likeness (QED) is 0.619.